The van der Waals surface area contributed by atoms with Gasteiger partial charge in [-0.05, 0) is 55.0 Å². The van der Waals surface area contributed by atoms with Gasteiger partial charge in [-0.15, -0.1) is 0 Å². The van der Waals surface area contributed by atoms with Crippen LogP contribution in [-0.2, 0) is 9.53 Å². The lowest BCUT2D eigenvalue weighted by atomic mass is 10.1. The van der Waals surface area contributed by atoms with E-state index in [0.29, 0.717) is 22.6 Å². The Morgan fingerprint density at radius 3 is 2.38 bits per heavy atom. The van der Waals surface area contributed by atoms with Gasteiger partial charge in [-0.25, -0.2) is 4.79 Å². The molecule has 3 aromatic carbocycles. The summed E-state index contributed by atoms with van der Waals surface area (Å²) in [5.41, 5.74) is 9.19. The quantitative estimate of drug-likeness (QED) is 0.305. The number of carbonyl (C=O) groups is 2. The number of nitrogen functional groups attached to an aromatic ring is 1. The third-order valence-electron chi connectivity index (χ3n) is 4.65. The molecule has 0 aromatic heterocycles. The molecule has 5 N–H and O–H groups in total. The second-order valence-corrected chi connectivity index (χ2v) is 7.19. The topological polar surface area (TPSA) is 114 Å². The molecule has 164 valence electrons. The van der Waals surface area contributed by atoms with Gasteiger partial charge in [0.05, 0.1) is 11.4 Å². The zero-order valence-corrected chi connectivity index (χ0v) is 17.6. The Kier molecular flexibility index (Phi) is 7.48. The minimum absolute atomic E-state index is 0.104. The van der Waals surface area contributed by atoms with Crippen LogP contribution in [0.1, 0.15) is 23.7 Å². The summed E-state index contributed by atoms with van der Waals surface area (Å²) in [5.74, 6) is -0.247. The molecule has 0 aliphatic heterocycles. The number of phenolic OH excluding ortho intramolecular Hbond substituents is 1. The van der Waals surface area contributed by atoms with Gasteiger partial charge in [-0.3, -0.25) is 10.1 Å². The van der Waals surface area contributed by atoms with Crippen molar-refractivity contribution < 1.29 is 19.4 Å². The summed E-state index contributed by atoms with van der Waals surface area (Å²) < 4.78 is 5.60. The predicted octanol–water partition coefficient (Wildman–Crippen LogP) is 5.16. The molecular formula is C25H25N3O4. The van der Waals surface area contributed by atoms with Crippen LogP contribution < -0.4 is 16.4 Å². The lowest BCUT2D eigenvalue weighted by Crippen LogP contribution is -2.17. The second kappa shape index (κ2) is 10.7. The molecule has 0 bridgehead atoms. The molecule has 0 unspecified atom stereocenters. The number of para-hydroxylation sites is 2. The van der Waals surface area contributed by atoms with Crippen molar-refractivity contribution in [2.45, 2.75) is 19.4 Å². The van der Waals surface area contributed by atoms with Crippen molar-refractivity contribution in [1.29, 1.82) is 0 Å². The molecule has 0 saturated heterocycles. The maximum Gasteiger partial charge on any atom is 0.412 e. The fourth-order valence-electron chi connectivity index (χ4n) is 2.94. The first kappa shape index (κ1) is 22.4. The minimum Gasteiger partial charge on any atom is -0.508 e. The smallest absolute Gasteiger partial charge is 0.412 e. The molecule has 0 saturated carbocycles. The van der Waals surface area contributed by atoms with E-state index in [1.165, 1.54) is 18.2 Å². The van der Waals surface area contributed by atoms with Crippen molar-refractivity contribution in [2.24, 2.45) is 0 Å². The molecule has 0 spiro atoms. The number of benzene rings is 3. The van der Waals surface area contributed by atoms with Crippen LogP contribution in [0.3, 0.4) is 0 Å². The highest BCUT2D eigenvalue weighted by atomic mass is 16.6. The fraction of sp³-hybridized carbons (Fsp3) is 0.120. The Balaban J connectivity index is 1.65. The Morgan fingerprint density at radius 1 is 1.00 bits per heavy atom. The molecule has 2 amide bonds. The average Bonchev–Trinajstić information content (AvgIpc) is 2.77. The number of rotatable bonds is 7. The fourth-order valence-corrected chi connectivity index (χ4v) is 2.94. The average molecular weight is 431 g/mol. The van der Waals surface area contributed by atoms with Gasteiger partial charge in [0, 0.05) is 12.1 Å². The van der Waals surface area contributed by atoms with Gasteiger partial charge in [0.2, 0.25) is 5.91 Å². The molecule has 7 heteroatoms. The Hall–Kier alpha value is -4.26. The molecule has 0 radical (unpaired) electrons. The lowest BCUT2D eigenvalue weighted by Gasteiger charge is -2.17. The van der Waals surface area contributed by atoms with E-state index in [4.69, 9.17) is 10.5 Å². The molecule has 7 nitrogen and oxygen atoms in total. The Labute approximate surface area is 186 Å². The minimum atomic E-state index is -0.660. The van der Waals surface area contributed by atoms with Crippen LogP contribution in [0.2, 0.25) is 0 Å². The number of phenols is 1. The summed E-state index contributed by atoms with van der Waals surface area (Å²) in [4.78, 5) is 24.6. The van der Waals surface area contributed by atoms with E-state index >= 15 is 0 Å². The number of nitrogens with one attached hydrogen (secondary N) is 2. The van der Waals surface area contributed by atoms with Crippen molar-refractivity contribution in [3.8, 4) is 5.75 Å². The van der Waals surface area contributed by atoms with Crippen LogP contribution in [0, 0.1) is 6.92 Å². The van der Waals surface area contributed by atoms with Gasteiger partial charge in [0.25, 0.3) is 0 Å². The van der Waals surface area contributed by atoms with Crippen molar-refractivity contribution in [3.05, 3.63) is 96.1 Å². The van der Waals surface area contributed by atoms with Crippen LogP contribution in [0.4, 0.5) is 21.9 Å². The van der Waals surface area contributed by atoms with E-state index in [9.17, 15) is 14.7 Å². The summed E-state index contributed by atoms with van der Waals surface area (Å²) in [5, 5.41) is 14.9. The standard InChI is InChI=1S/C25H25N3O4/c1-17-9-13-19(14-10-17)27-25(31)32-23(18-11-15-20(29)16-12-18)7-4-8-24(30)28-22-6-3-2-5-21(22)26/h2-6,8-16,23,29H,7,26H2,1H3,(H,27,31)(H,28,30)/b8-4+/t23-/m1/s1. The molecular weight excluding hydrogens is 406 g/mol. The number of ether oxygens (including phenoxy) is 1. The highest BCUT2D eigenvalue weighted by molar-refractivity contribution is 6.01. The van der Waals surface area contributed by atoms with Gasteiger partial charge in [-0.1, -0.05) is 48.0 Å². The second-order valence-electron chi connectivity index (χ2n) is 7.19. The summed E-state index contributed by atoms with van der Waals surface area (Å²) >= 11 is 0. The molecule has 32 heavy (non-hydrogen) atoms. The first-order chi connectivity index (χ1) is 15.4. The highest BCUT2D eigenvalue weighted by Crippen LogP contribution is 2.25. The molecule has 0 aliphatic carbocycles. The number of aromatic hydroxyl groups is 1. The molecule has 1 atom stereocenters. The molecule has 0 fully saturated rings. The predicted molar refractivity (Wildman–Crippen MR) is 125 cm³/mol. The van der Waals surface area contributed by atoms with Crippen LogP contribution in [0.5, 0.6) is 5.75 Å². The maximum atomic E-state index is 12.4. The van der Waals surface area contributed by atoms with E-state index in [-0.39, 0.29) is 18.1 Å². The number of nitrogens with two attached hydrogens (primary N) is 1. The zero-order valence-electron chi connectivity index (χ0n) is 17.6. The van der Waals surface area contributed by atoms with Crippen molar-refractivity contribution in [2.75, 3.05) is 16.4 Å². The van der Waals surface area contributed by atoms with E-state index in [2.05, 4.69) is 10.6 Å². The molecule has 0 aliphatic rings. The summed E-state index contributed by atoms with van der Waals surface area (Å²) in [6.07, 6.45) is 1.95. The molecule has 3 rings (SSSR count). The molecule has 0 heterocycles. The SMILES string of the molecule is Cc1ccc(NC(=O)O[C@H](C/C=C/C(=O)Nc2ccccc2N)c2ccc(O)cc2)cc1. The zero-order chi connectivity index (χ0) is 22.9. The van der Waals surface area contributed by atoms with Gasteiger partial charge in [-0.2, -0.15) is 0 Å². The molecule has 3 aromatic rings. The number of hydrogen-bond acceptors (Lipinski definition) is 5. The Bertz CT molecular complexity index is 1090. The van der Waals surface area contributed by atoms with E-state index in [1.807, 2.05) is 19.1 Å². The van der Waals surface area contributed by atoms with E-state index < -0.39 is 12.2 Å². The lowest BCUT2D eigenvalue weighted by molar-refractivity contribution is -0.111. The normalized spacial score (nSPS) is 11.7. The van der Waals surface area contributed by atoms with Crippen LogP contribution >= 0.6 is 0 Å². The third-order valence-corrected chi connectivity index (χ3v) is 4.65. The summed E-state index contributed by atoms with van der Waals surface area (Å²) in [6.45, 7) is 1.96. The van der Waals surface area contributed by atoms with Gasteiger partial charge >= 0.3 is 6.09 Å². The maximum absolute atomic E-state index is 12.4. The van der Waals surface area contributed by atoms with Crippen molar-refractivity contribution >= 4 is 29.1 Å². The number of anilines is 3. The first-order valence-corrected chi connectivity index (χ1v) is 10.1. The van der Waals surface area contributed by atoms with Gasteiger partial charge < -0.3 is 20.9 Å². The van der Waals surface area contributed by atoms with Crippen molar-refractivity contribution in [1.82, 2.24) is 0 Å². The number of carbonyl (C=O) groups excluding carboxylic acids is 2. The van der Waals surface area contributed by atoms with E-state index in [1.54, 1.807) is 54.6 Å². The van der Waals surface area contributed by atoms with Crippen molar-refractivity contribution in [3.63, 3.8) is 0 Å². The van der Waals surface area contributed by atoms with Gasteiger partial charge in [0.15, 0.2) is 0 Å². The highest BCUT2D eigenvalue weighted by Gasteiger charge is 2.16. The number of hydrogen-bond donors (Lipinski definition) is 4. The number of amides is 2. The number of aryl methyl sites for hydroxylation is 1. The monoisotopic (exact) mass is 431 g/mol. The van der Waals surface area contributed by atoms with Gasteiger partial charge in [0.1, 0.15) is 11.9 Å². The van der Waals surface area contributed by atoms with Crippen LogP contribution in [-0.4, -0.2) is 17.1 Å². The summed E-state index contributed by atoms with van der Waals surface area (Å²) in [7, 11) is 0. The van der Waals surface area contributed by atoms with E-state index in [0.717, 1.165) is 5.56 Å². The Morgan fingerprint density at radius 2 is 1.69 bits per heavy atom. The summed E-state index contributed by atoms with van der Waals surface area (Å²) in [6, 6.07) is 20.6. The van der Waals surface area contributed by atoms with Crippen LogP contribution in [0.15, 0.2) is 84.9 Å². The largest absolute Gasteiger partial charge is 0.508 e. The third kappa shape index (κ3) is 6.63. The first-order valence-electron chi connectivity index (χ1n) is 10.1. The van der Waals surface area contributed by atoms with Crippen LogP contribution in [0.25, 0.3) is 0 Å².